The molecule has 0 amide bonds. The summed E-state index contributed by atoms with van der Waals surface area (Å²) in [6.07, 6.45) is 0. The number of carbonyl (C=O) groups is 1. The van der Waals surface area contributed by atoms with Crippen LogP contribution in [0.25, 0.3) is 10.2 Å². The molecule has 4 nitrogen and oxygen atoms in total. The maximum atomic E-state index is 10.6. The van der Waals surface area contributed by atoms with Crippen LogP contribution >= 0.6 is 11.3 Å². The molecule has 6 heteroatoms. The molecule has 1 aromatic carbocycles. The number of benzene rings is 1. The predicted molar refractivity (Wildman–Crippen MR) is 56.7 cm³/mol. The summed E-state index contributed by atoms with van der Waals surface area (Å²) in [5.41, 5.74) is 6.48. The van der Waals surface area contributed by atoms with Gasteiger partial charge in [-0.25, -0.2) is 9.78 Å². The fraction of sp³-hybridized carbons (Fsp3) is 0. The monoisotopic (exact) mass is 217 g/mol. The van der Waals surface area contributed by atoms with Gasteiger partial charge in [-0.05, 0) is 18.2 Å². The Morgan fingerprint density at radius 3 is 2.86 bits per heavy atom. The van der Waals surface area contributed by atoms with Gasteiger partial charge >= 0.3 is 5.97 Å². The molecule has 3 N–H and O–H groups in total. The minimum Gasteiger partial charge on any atom is -0.478 e. The molecular formula is C8H6N2NaO2S. The molecule has 0 atom stereocenters. The van der Waals surface area contributed by atoms with E-state index < -0.39 is 5.97 Å². The average molecular weight is 217 g/mol. The molecule has 14 heavy (non-hydrogen) atoms. The molecule has 0 aliphatic carbocycles. The van der Waals surface area contributed by atoms with Crippen molar-refractivity contribution in [2.75, 3.05) is 5.73 Å². The third kappa shape index (κ3) is 2.06. The van der Waals surface area contributed by atoms with Crippen LogP contribution in [0.2, 0.25) is 0 Å². The van der Waals surface area contributed by atoms with E-state index in [-0.39, 0.29) is 35.1 Å². The standard InChI is InChI=1S/C8H6N2O2S.Na/c9-8-10-5-2-1-4(7(11)12)3-6(5)13-8;/h1-3H,(H2,9,10)(H,11,12);. The van der Waals surface area contributed by atoms with Crippen LogP contribution in [-0.4, -0.2) is 45.6 Å². The molecule has 0 unspecified atom stereocenters. The summed E-state index contributed by atoms with van der Waals surface area (Å²) in [5.74, 6) is -0.936. The first-order valence-corrected chi connectivity index (χ1v) is 4.38. The van der Waals surface area contributed by atoms with Crippen LogP contribution < -0.4 is 5.73 Å². The van der Waals surface area contributed by atoms with Crippen molar-refractivity contribution in [1.82, 2.24) is 4.98 Å². The number of rotatable bonds is 1. The van der Waals surface area contributed by atoms with Crippen LogP contribution in [0.4, 0.5) is 5.13 Å². The summed E-state index contributed by atoms with van der Waals surface area (Å²) in [4.78, 5) is 14.6. The molecule has 0 bridgehead atoms. The number of nitrogens with two attached hydrogens (primary N) is 1. The van der Waals surface area contributed by atoms with E-state index in [4.69, 9.17) is 10.8 Å². The zero-order valence-corrected chi connectivity index (χ0v) is 10.3. The van der Waals surface area contributed by atoms with Crippen molar-refractivity contribution in [3.8, 4) is 0 Å². The largest absolute Gasteiger partial charge is 0.478 e. The fourth-order valence-electron chi connectivity index (χ4n) is 1.08. The zero-order chi connectivity index (χ0) is 9.42. The third-order valence-corrected chi connectivity index (χ3v) is 2.50. The molecule has 0 aliphatic rings. The molecule has 0 saturated heterocycles. The Morgan fingerprint density at radius 2 is 2.21 bits per heavy atom. The first-order chi connectivity index (χ1) is 6.16. The summed E-state index contributed by atoms with van der Waals surface area (Å²) in [6, 6.07) is 4.75. The number of carboxylic acids is 1. The van der Waals surface area contributed by atoms with Gasteiger partial charge in [0.1, 0.15) is 0 Å². The van der Waals surface area contributed by atoms with Crippen LogP contribution in [0.5, 0.6) is 0 Å². The fourth-order valence-corrected chi connectivity index (χ4v) is 1.85. The van der Waals surface area contributed by atoms with Crippen molar-refractivity contribution in [2.45, 2.75) is 0 Å². The molecule has 1 aromatic heterocycles. The number of thiazole rings is 1. The molecule has 0 fully saturated rings. The van der Waals surface area contributed by atoms with Crippen molar-refractivity contribution in [3.05, 3.63) is 23.8 Å². The second kappa shape index (κ2) is 4.27. The summed E-state index contributed by atoms with van der Waals surface area (Å²) < 4.78 is 0.803. The zero-order valence-electron chi connectivity index (χ0n) is 7.52. The van der Waals surface area contributed by atoms with E-state index in [0.717, 1.165) is 10.2 Å². The topological polar surface area (TPSA) is 76.2 Å². The first kappa shape index (κ1) is 11.5. The van der Waals surface area contributed by atoms with E-state index in [9.17, 15) is 4.79 Å². The second-order valence-corrected chi connectivity index (χ2v) is 3.60. The number of aromatic carboxylic acids is 1. The van der Waals surface area contributed by atoms with Gasteiger partial charge in [0.05, 0.1) is 15.8 Å². The van der Waals surface area contributed by atoms with Gasteiger partial charge in [-0.2, -0.15) is 0 Å². The SMILES string of the molecule is Nc1nc2ccc(C(=O)O)cc2s1.[Na]. The van der Waals surface area contributed by atoms with Gasteiger partial charge in [-0.3, -0.25) is 0 Å². The third-order valence-electron chi connectivity index (χ3n) is 1.65. The quantitative estimate of drug-likeness (QED) is 0.703. The number of aromatic nitrogens is 1. The molecule has 0 aliphatic heterocycles. The number of hydrogen-bond donors (Lipinski definition) is 2. The minimum absolute atomic E-state index is 0. The van der Waals surface area contributed by atoms with Crippen LogP contribution in [0.1, 0.15) is 10.4 Å². The van der Waals surface area contributed by atoms with Crippen LogP contribution in [0, 0.1) is 0 Å². The summed E-state index contributed by atoms with van der Waals surface area (Å²) in [7, 11) is 0. The number of nitrogen functional groups attached to an aromatic ring is 1. The van der Waals surface area contributed by atoms with Crippen molar-refractivity contribution in [3.63, 3.8) is 0 Å². The molecule has 0 spiro atoms. The van der Waals surface area contributed by atoms with E-state index in [0.29, 0.717) is 5.13 Å². The molecule has 0 saturated carbocycles. The summed E-state index contributed by atoms with van der Waals surface area (Å²) in [5, 5.41) is 9.16. The van der Waals surface area contributed by atoms with E-state index in [2.05, 4.69) is 4.98 Å². The molecule has 1 radical (unpaired) electrons. The molecule has 2 rings (SSSR count). The van der Waals surface area contributed by atoms with Gasteiger partial charge in [-0.15, -0.1) is 0 Å². The average Bonchev–Trinajstić information content (AvgIpc) is 2.42. The minimum atomic E-state index is -0.936. The van der Waals surface area contributed by atoms with Crippen molar-refractivity contribution in [1.29, 1.82) is 0 Å². The normalized spacial score (nSPS) is 9.71. The predicted octanol–water partition coefficient (Wildman–Crippen LogP) is 1.20. The number of nitrogens with zero attached hydrogens (tertiary/aromatic N) is 1. The molecule has 2 aromatic rings. The number of anilines is 1. The maximum absolute atomic E-state index is 10.6. The van der Waals surface area contributed by atoms with Crippen molar-refractivity contribution >= 4 is 62.2 Å². The summed E-state index contributed by atoms with van der Waals surface area (Å²) in [6.45, 7) is 0. The van der Waals surface area contributed by atoms with E-state index >= 15 is 0 Å². The van der Waals surface area contributed by atoms with E-state index in [1.165, 1.54) is 17.4 Å². The molecular weight excluding hydrogens is 211 g/mol. The maximum Gasteiger partial charge on any atom is 0.335 e. The summed E-state index contributed by atoms with van der Waals surface area (Å²) >= 11 is 1.29. The molecule has 67 valence electrons. The van der Waals surface area contributed by atoms with Gasteiger partial charge in [0.15, 0.2) is 5.13 Å². The molecule has 1 heterocycles. The Kier molecular flexibility index (Phi) is 3.49. The van der Waals surface area contributed by atoms with Crippen LogP contribution in [0.15, 0.2) is 18.2 Å². The van der Waals surface area contributed by atoms with Gasteiger partial charge in [0, 0.05) is 29.6 Å². The van der Waals surface area contributed by atoms with E-state index in [1.54, 1.807) is 12.1 Å². The second-order valence-electron chi connectivity index (χ2n) is 2.54. The van der Waals surface area contributed by atoms with Crippen molar-refractivity contribution < 1.29 is 9.90 Å². The number of hydrogen-bond acceptors (Lipinski definition) is 4. The van der Waals surface area contributed by atoms with E-state index in [1.807, 2.05) is 0 Å². The number of fused-ring (bicyclic) bond motifs is 1. The smallest absolute Gasteiger partial charge is 0.335 e. The Morgan fingerprint density at radius 1 is 1.50 bits per heavy atom. The number of carboxylic acid groups (broad SMARTS) is 1. The van der Waals surface area contributed by atoms with Gasteiger partial charge < -0.3 is 10.8 Å². The Hall–Kier alpha value is -0.620. The van der Waals surface area contributed by atoms with Crippen LogP contribution in [-0.2, 0) is 0 Å². The Balaban J connectivity index is 0.000000980. The van der Waals surface area contributed by atoms with Gasteiger partial charge in [-0.1, -0.05) is 11.3 Å². The Labute approximate surface area is 106 Å². The van der Waals surface area contributed by atoms with Crippen molar-refractivity contribution in [2.24, 2.45) is 0 Å². The van der Waals surface area contributed by atoms with Gasteiger partial charge in [0.25, 0.3) is 0 Å². The first-order valence-electron chi connectivity index (χ1n) is 3.56. The van der Waals surface area contributed by atoms with Gasteiger partial charge in [0.2, 0.25) is 0 Å². The van der Waals surface area contributed by atoms with Crippen LogP contribution in [0.3, 0.4) is 0 Å². The Bertz CT molecular complexity index is 483.